The Morgan fingerprint density at radius 3 is 2.59 bits per heavy atom. The number of carbonyl (C=O) groups is 3. The Morgan fingerprint density at radius 1 is 1.09 bits per heavy atom. The number of likely N-dealkylation sites (tertiary alicyclic amines) is 1. The lowest BCUT2D eigenvalue weighted by molar-refractivity contribution is -0.138. The molecule has 2 aliphatic heterocycles. The monoisotopic (exact) mass is 478 g/mol. The van der Waals surface area contributed by atoms with Gasteiger partial charge in [-0.3, -0.25) is 14.4 Å². The zero-order valence-corrected chi connectivity index (χ0v) is 19.7. The number of anilines is 2. The van der Waals surface area contributed by atoms with Crippen molar-refractivity contribution >= 4 is 50.1 Å². The molecule has 1 N–H and O–H groups in total. The van der Waals surface area contributed by atoms with Gasteiger partial charge in [0.2, 0.25) is 17.7 Å². The number of methoxy groups -OCH3 is 1. The molecule has 1 aromatic heterocycles. The lowest BCUT2D eigenvalue weighted by Crippen LogP contribution is -2.44. The Kier molecular flexibility index (Phi) is 6.19. The Labute approximate surface area is 201 Å². The summed E-state index contributed by atoms with van der Waals surface area (Å²) < 4.78 is 6.20. The van der Waals surface area contributed by atoms with E-state index >= 15 is 0 Å². The smallest absolute Gasteiger partial charge is 0.229 e. The minimum absolute atomic E-state index is 0.00533. The van der Waals surface area contributed by atoms with Crippen molar-refractivity contribution in [2.75, 3.05) is 37.0 Å². The SMILES string of the molecule is COc1ccc2nc(NC(=O)C3CCN(C(=O)C4CC(=O)N(c5ccccc5)C4)CC3)sc2c1. The third-order valence-corrected chi connectivity index (χ3v) is 7.48. The van der Waals surface area contributed by atoms with Crippen molar-refractivity contribution < 1.29 is 19.1 Å². The summed E-state index contributed by atoms with van der Waals surface area (Å²) in [5.41, 5.74) is 1.64. The first-order chi connectivity index (χ1) is 16.5. The summed E-state index contributed by atoms with van der Waals surface area (Å²) in [6.07, 6.45) is 1.43. The minimum Gasteiger partial charge on any atom is -0.497 e. The third-order valence-electron chi connectivity index (χ3n) is 6.55. The first kappa shape index (κ1) is 22.3. The molecular formula is C25H26N4O4S. The lowest BCUT2D eigenvalue weighted by Gasteiger charge is -2.32. The third kappa shape index (κ3) is 4.48. The number of aromatic nitrogens is 1. The summed E-state index contributed by atoms with van der Waals surface area (Å²) in [7, 11) is 1.62. The van der Waals surface area contributed by atoms with Crippen LogP contribution in [0.2, 0.25) is 0 Å². The zero-order chi connectivity index (χ0) is 23.7. The lowest BCUT2D eigenvalue weighted by atomic mass is 9.94. The summed E-state index contributed by atoms with van der Waals surface area (Å²) in [6.45, 7) is 1.44. The molecule has 1 atom stereocenters. The van der Waals surface area contributed by atoms with E-state index in [1.54, 1.807) is 16.9 Å². The molecular weight excluding hydrogens is 452 g/mol. The summed E-state index contributed by atoms with van der Waals surface area (Å²) in [5, 5.41) is 3.51. The van der Waals surface area contributed by atoms with Crippen molar-refractivity contribution in [1.29, 1.82) is 0 Å². The van der Waals surface area contributed by atoms with E-state index in [4.69, 9.17) is 4.74 Å². The minimum atomic E-state index is -0.335. The quantitative estimate of drug-likeness (QED) is 0.606. The van der Waals surface area contributed by atoms with Gasteiger partial charge in [-0.05, 0) is 43.2 Å². The zero-order valence-electron chi connectivity index (χ0n) is 18.9. The van der Waals surface area contributed by atoms with Crippen molar-refractivity contribution in [3.8, 4) is 5.75 Å². The molecule has 3 amide bonds. The Morgan fingerprint density at radius 2 is 1.85 bits per heavy atom. The van der Waals surface area contributed by atoms with Crippen LogP contribution in [-0.2, 0) is 14.4 Å². The van der Waals surface area contributed by atoms with Gasteiger partial charge >= 0.3 is 0 Å². The second-order valence-corrected chi connectivity index (χ2v) is 9.71. The van der Waals surface area contributed by atoms with Crippen LogP contribution < -0.4 is 15.0 Å². The van der Waals surface area contributed by atoms with Crippen molar-refractivity contribution in [3.05, 3.63) is 48.5 Å². The van der Waals surface area contributed by atoms with Crippen molar-refractivity contribution in [3.63, 3.8) is 0 Å². The topological polar surface area (TPSA) is 91.8 Å². The van der Waals surface area contributed by atoms with Gasteiger partial charge in [-0.2, -0.15) is 0 Å². The summed E-state index contributed by atoms with van der Waals surface area (Å²) >= 11 is 1.42. The van der Waals surface area contributed by atoms with Gasteiger partial charge in [0.05, 0.1) is 23.2 Å². The van der Waals surface area contributed by atoms with Crippen LogP contribution in [0.25, 0.3) is 10.2 Å². The second-order valence-electron chi connectivity index (χ2n) is 8.68. The number of thiazole rings is 1. The van der Waals surface area contributed by atoms with Gasteiger partial charge in [0.25, 0.3) is 0 Å². The number of hydrogen-bond donors (Lipinski definition) is 1. The highest BCUT2D eigenvalue weighted by atomic mass is 32.1. The molecule has 0 radical (unpaired) electrons. The van der Waals surface area contributed by atoms with Crippen molar-refractivity contribution in [1.82, 2.24) is 9.88 Å². The van der Waals surface area contributed by atoms with Gasteiger partial charge in [-0.15, -0.1) is 0 Å². The Bertz CT molecular complexity index is 1220. The van der Waals surface area contributed by atoms with Crippen LogP contribution in [0.4, 0.5) is 10.8 Å². The number of fused-ring (bicyclic) bond motifs is 1. The molecule has 34 heavy (non-hydrogen) atoms. The number of benzene rings is 2. The number of amides is 3. The van der Waals surface area contributed by atoms with Crippen LogP contribution in [0.5, 0.6) is 5.75 Å². The highest BCUT2D eigenvalue weighted by Crippen LogP contribution is 2.31. The maximum absolute atomic E-state index is 13.1. The van der Waals surface area contributed by atoms with E-state index in [1.165, 1.54) is 11.3 Å². The summed E-state index contributed by atoms with van der Waals surface area (Å²) in [6, 6.07) is 15.1. The highest BCUT2D eigenvalue weighted by Gasteiger charge is 2.38. The van der Waals surface area contributed by atoms with Crippen LogP contribution >= 0.6 is 11.3 Å². The van der Waals surface area contributed by atoms with E-state index in [2.05, 4.69) is 10.3 Å². The van der Waals surface area contributed by atoms with Gasteiger partial charge < -0.3 is 19.9 Å². The molecule has 8 nitrogen and oxygen atoms in total. The average molecular weight is 479 g/mol. The van der Waals surface area contributed by atoms with Crippen LogP contribution in [-0.4, -0.2) is 54.3 Å². The molecule has 5 rings (SSSR count). The fourth-order valence-corrected chi connectivity index (χ4v) is 5.54. The van der Waals surface area contributed by atoms with E-state index in [-0.39, 0.29) is 36.0 Å². The van der Waals surface area contributed by atoms with Crippen molar-refractivity contribution in [2.45, 2.75) is 19.3 Å². The summed E-state index contributed by atoms with van der Waals surface area (Å²) in [4.78, 5) is 46.4. The highest BCUT2D eigenvalue weighted by molar-refractivity contribution is 7.22. The van der Waals surface area contributed by atoms with Crippen LogP contribution in [0.15, 0.2) is 48.5 Å². The molecule has 0 saturated carbocycles. The number of carbonyl (C=O) groups excluding carboxylic acids is 3. The maximum atomic E-state index is 13.1. The van der Waals surface area contributed by atoms with Gasteiger partial charge in [0.1, 0.15) is 5.75 Å². The van der Waals surface area contributed by atoms with E-state index < -0.39 is 0 Å². The second kappa shape index (κ2) is 9.42. The Hall–Kier alpha value is -3.46. The van der Waals surface area contributed by atoms with Gasteiger partial charge in [-0.25, -0.2) is 4.98 Å². The van der Waals surface area contributed by atoms with Gasteiger partial charge in [0.15, 0.2) is 5.13 Å². The molecule has 2 fully saturated rings. The number of nitrogens with one attached hydrogen (secondary N) is 1. The maximum Gasteiger partial charge on any atom is 0.229 e. The van der Waals surface area contributed by atoms with Crippen LogP contribution in [0.1, 0.15) is 19.3 Å². The van der Waals surface area contributed by atoms with Crippen LogP contribution in [0, 0.1) is 11.8 Å². The van der Waals surface area contributed by atoms with E-state index in [1.807, 2.05) is 48.5 Å². The Balaban J connectivity index is 1.15. The predicted molar refractivity (Wildman–Crippen MR) is 131 cm³/mol. The first-order valence-electron chi connectivity index (χ1n) is 11.4. The van der Waals surface area contributed by atoms with Gasteiger partial charge in [0, 0.05) is 37.7 Å². The summed E-state index contributed by atoms with van der Waals surface area (Å²) in [5.74, 6) is 0.166. The molecule has 3 heterocycles. The normalized spacial score (nSPS) is 19.0. The number of hydrogen-bond acceptors (Lipinski definition) is 6. The molecule has 2 aliphatic rings. The molecule has 0 bridgehead atoms. The molecule has 176 valence electrons. The van der Waals surface area contributed by atoms with E-state index in [0.29, 0.717) is 37.6 Å². The average Bonchev–Trinajstić information content (AvgIpc) is 3.46. The number of nitrogens with zero attached hydrogens (tertiary/aromatic N) is 3. The van der Waals surface area contributed by atoms with E-state index in [9.17, 15) is 14.4 Å². The van der Waals surface area contributed by atoms with E-state index in [0.717, 1.165) is 21.7 Å². The number of rotatable bonds is 5. The molecule has 0 spiro atoms. The number of para-hydroxylation sites is 1. The molecule has 2 aromatic carbocycles. The van der Waals surface area contributed by atoms with Gasteiger partial charge in [-0.1, -0.05) is 29.5 Å². The predicted octanol–water partition coefficient (Wildman–Crippen LogP) is 3.54. The first-order valence-corrected chi connectivity index (χ1v) is 12.2. The molecule has 2 saturated heterocycles. The molecule has 1 unspecified atom stereocenters. The standard InChI is InChI=1S/C25H26N4O4S/c1-33-19-7-8-20-21(14-19)34-25(26-20)27-23(31)16-9-11-28(12-10-16)24(32)17-13-22(30)29(15-17)18-5-3-2-4-6-18/h2-8,14,16-17H,9-13,15H2,1H3,(H,26,27,31). The fraction of sp³-hybridized carbons (Fsp3) is 0.360. The fourth-order valence-electron chi connectivity index (χ4n) is 4.64. The number of ether oxygens (including phenoxy) is 1. The largest absolute Gasteiger partial charge is 0.497 e. The van der Waals surface area contributed by atoms with Crippen molar-refractivity contribution in [2.24, 2.45) is 11.8 Å². The van der Waals surface area contributed by atoms with Crippen LogP contribution in [0.3, 0.4) is 0 Å². The molecule has 9 heteroatoms. The molecule has 3 aromatic rings. The number of piperidine rings is 1. The molecule has 0 aliphatic carbocycles.